The van der Waals surface area contributed by atoms with Gasteiger partial charge in [-0.25, -0.2) is 0 Å². The van der Waals surface area contributed by atoms with Crippen LogP contribution in [0.1, 0.15) is 23.7 Å². The highest BCUT2D eigenvalue weighted by Gasteiger charge is 2.29. The normalized spacial score (nSPS) is 21.4. The van der Waals surface area contributed by atoms with Crippen LogP contribution in [0.25, 0.3) is 0 Å². The van der Waals surface area contributed by atoms with Crippen LogP contribution in [0.5, 0.6) is 11.5 Å². The van der Waals surface area contributed by atoms with Crippen LogP contribution in [-0.2, 0) is 11.2 Å². The number of benzene rings is 1. The fraction of sp³-hybridized carbons (Fsp3) is 0.538. The topological polar surface area (TPSA) is 39.7 Å². The second kappa shape index (κ2) is 4.55. The van der Waals surface area contributed by atoms with Crippen LogP contribution in [-0.4, -0.2) is 27.0 Å². The molecule has 2 heterocycles. The van der Waals surface area contributed by atoms with Crippen molar-refractivity contribution in [2.45, 2.75) is 18.9 Å². The molecule has 1 atom stereocenters. The van der Waals surface area contributed by atoms with Gasteiger partial charge in [-0.05, 0) is 38.1 Å². The highest BCUT2D eigenvalue weighted by atomic mass is 16.7. The fourth-order valence-corrected chi connectivity index (χ4v) is 2.50. The van der Waals surface area contributed by atoms with Crippen LogP contribution in [0.15, 0.2) is 12.1 Å². The molecule has 0 unspecified atom stereocenters. The van der Waals surface area contributed by atoms with Gasteiger partial charge in [-0.1, -0.05) is 6.07 Å². The molecule has 92 valence electrons. The monoisotopic (exact) mass is 235 g/mol. The maximum Gasteiger partial charge on any atom is 0.231 e. The van der Waals surface area contributed by atoms with Crippen LogP contribution in [0.2, 0.25) is 0 Å². The van der Waals surface area contributed by atoms with Gasteiger partial charge in [0.25, 0.3) is 0 Å². The van der Waals surface area contributed by atoms with Gasteiger partial charge in [0.15, 0.2) is 11.5 Å². The van der Waals surface area contributed by atoms with Gasteiger partial charge in [0.1, 0.15) is 0 Å². The standard InChI is InChI=1S/C13H17NO3/c1-14-6-4-10-12-9(5-7-15-10)2-3-11-13(12)17-8-16-11/h2-3,10,14H,4-8H2,1H3/t10-/m0/s1. The first-order chi connectivity index (χ1) is 8.40. The minimum atomic E-state index is 0.128. The number of ether oxygens (including phenoxy) is 3. The lowest BCUT2D eigenvalue weighted by Crippen LogP contribution is -2.21. The van der Waals surface area contributed by atoms with E-state index in [0.717, 1.165) is 37.5 Å². The molecule has 0 fully saturated rings. The van der Waals surface area contributed by atoms with Crippen LogP contribution >= 0.6 is 0 Å². The Kier molecular flexibility index (Phi) is 2.91. The summed E-state index contributed by atoms with van der Waals surface area (Å²) in [5.74, 6) is 1.74. The average Bonchev–Trinajstić information content (AvgIpc) is 2.84. The van der Waals surface area contributed by atoms with Gasteiger partial charge < -0.3 is 19.5 Å². The lowest BCUT2D eigenvalue weighted by Gasteiger charge is -2.27. The molecule has 0 saturated carbocycles. The third-order valence-corrected chi connectivity index (χ3v) is 3.34. The van der Waals surface area contributed by atoms with Gasteiger partial charge in [0.05, 0.1) is 12.7 Å². The minimum Gasteiger partial charge on any atom is -0.454 e. The first-order valence-corrected chi connectivity index (χ1v) is 6.07. The molecular weight excluding hydrogens is 218 g/mol. The molecule has 4 heteroatoms. The number of hydrogen-bond acceptors (Lipinski definition) is 4. The molecule has 0 spiro atoms. The zero-order valence-corrected chi connectivity index (χ0v) is 9.99. The second-order valence-electron chi connectivity index (χ2n) is 4.37. The van der Waals surface area contributed by atoms with Crippen LogP contribution in [0, 0.1) is 0 Å². The van der Waals surface area contributed by atoms with E-state index in [-0.39, 0.29) is 6.10 Å². The van der Waals surface area contributed by atoms with Gasteiger partial charge in [0, 0.05) is 5.56 Å². The Morgan fingerprint density at radius 2 is 2.29 bits per heavy atom. The number of nitrogens with one attached hydrogen (secondary N) is 1. The highest BCUT2D eigenvalue weighted by molar-refractivity contribution is 5.53. The maximum atomic E-state index is 5.86. The Labute approximate surface area is 101 Å². The van der Waals surface area contributed by atoms with Crippen molar-refractivity contribution in [1.29, 1.82) is 0 Å². The van der Waals surface area contributed by atoms with E-state index in [2.05, 4.69) is 11.4 Å². The Morgan fingerprint density at radius 3 is 3.18 bits per heavy atom. The second-order valence-corrected chi connectivity index (χ2v) is 4.37. The first-order valence-electron chi connectivity index (χ1n) is 6.07. The van der Waals surface area contributed by atoms with Crippen molar-refractivity contribution >= 4 is 0 Å². The van der Waals surface area contributed by atoms with Crippen molar-refractivity contribution in [2.24, 2.45) is 0 Å². The molecule has 17 heavy (non-hydrogen) atoms. The van der Waals surface area contributed by atoms with E-state index in [0.29, 0.717) is 6.79 Å². The molecular formula is C13H17NO3. The summed E-state index contributed by atoms with van der Waals surface area (Å²) in [6.07, 6.45) is 2.05. The quantitative estimate of drug-likeness (QED) is 0.864. The average molecular weight is 235 g/mol. The zero-order chi connectivity index (χ0) is 11.7. The van der Waals surface area contributed by atoms with E-state index in [9.17, 15) is 0 Å². The molecule has 1 aromatic rings. The van der Waals surface area contributed by atoms with Crippen molar-refractivity contribution in [2.75, 3.05) is 27.0 Å². The molecule has 0 aromatic heterocycles. The van der Waals surface area contributed by atoms with Gasteiger partial charge in [-0.15, -0.1) is 0 Å². The van der Waals surface area contributed by atoms with Crippen LogP contribution in [0.3, 0.4) is 0 Å². The Bertz CT molecular complexity index is 419. The van der Waals surface area contributed by atoms with Crippen molar-refractivity contribution in [3.8, 4) is 11.5 Å². The summed E-state index contributed by atoms with van der Waals surface area (Å²) in [6.45, 7) is 2.06. The van der Waals surface area contributed by atoms with Crippen molar-refractivity contribution in [1.82, 2.24) is 5.32 Å². The zero-order valence-electron chi connectivity index (χ0n) is 9.99. The predicted octanol–water partition coefficient (Wildman–Crippen LogP) is 1.64. The third kappa shape index (κ3) is 1.87. The molecule has 1 aromatic carbocycles. The smallest absolute Gasteiger partial charge is 0.231 e. The molecule has 0 aliphatic carbocycles. The fourth-order valence-electron chi connectivity index (χ4n) is 2.50. The first kappa shape index (κ1) is 10.9. The molecule has 0 amide bonds. The number of rotatable bonds is 3. The summed E-state index contributed by atoms with van der Waals surface area (Å²) in [6, 6.07) is 4.14. The minimum absolute atomic E-state index is 0.128. The van der Waals surface area contributed by atoms with Gasteiger partial charge in [0.2, 0.25) is 6.79 Å². The van der Waals surface area contributed by atoms with Gasteiger partial charge in [-0.2, -0.15) is 0 Å². The summed E-state index contributed by atoms with van der Waals surface area (Å²) in [5.41, 5.74) is 2.53. The predicted molar refractivity (Wildman–Crippen MR) is 63.5 cm³/mol. The molecule has 2 aliphatic heterocycles. The maximum absolute atomic E-state index is 5.86. The number of hydrogen-bond donors (Lipinski definition) is 1. The largest absolute Gasteiger partial charge is 0.454 e. The summed E-state index contributed by atoms with van der Waals surface area (Å²) in [4.78, 5) is 0. The van der Waals surface area contributed by atoms with Gasteiger partial charge >= 0.3 is 0 Å². The Morgan fingerprint density at radius 1 is 1.35 bits per heavy atom. The summed E-state index contributed by atoms with van der Waals surface area (Å²) in [7, 11) is 1.96. The van der Waals surface area contributed by atoms with E-state index in [1.54, 1.807) is 0 Å². The summed E-state index contributed by atoms with van der Waals surface area (Å²) in [5, 5.41) is 3.16. The lowest BCUT2D eigenvalue weighted by atomic mass is 9.94. The molecule has 0 radical (unpaired) electrons. The van der Waals surface area contributed by atoms with E-state index in [4.69, 9.17) is 14.2 Å². The Balaban J connectivity index is 1.96. The van der Waals surface area contributed by atoms with E-state index < -0.39 is 0 Å². The highest BCUT2D eigenvalue weighted by Crippen LogP contribution is 2.44. The molecule has 0 bridgehead atoms. The molecule has 4 nitrogen and oxygen atoms in total. The van der Waals surface area contributed by atoms with E-state index in [1.165, 1.54) is 11.1 Å². The van der Waals surface area contributed by atoms with Crippen molar-refractivity contribution in [3.05, 3.63) is 23.3 Å². The molecule has 3 rings (SSSR count). The molecule has 2 aliphatic rings. The number of fused-ring (bicyclic) bond motifs is 3. The Hall–Kier alpha value is -1.26. The molecule has 0 saturated heterocycles. The SMILES string of the molecule is CNCC[C@@H]1OCCc2ccc3c(c21)OCO3. The summed E-state index contributed by atoms with van der Waals surface area (Å²) < 4.78 is 16.9. The summed E-state index contributed by atoms with van der Waals surface area (Å²) >= 11 is 0. The van der Waals surface area contributed by atoms with Crippen LogP contribution in [0.4, 0.5) is 0 Å². The third-order valence-electron chi connectivity index (χ3n) is 3.34. The lowest BCUT2D eigenvalue weighted by molar-refractivity contribution is 0.0348. The molecule has 1 N–H and O–H groups in total. The van der Waals surface area contributed by atoms with Crippen LogP contribution < -0.4 is 14.8 Å². The van der Waals surface area contributed by atoms with Crippen molar-refractivity contribution in [3.63, 3.8) is 0 Å². The van der Waals surface area contributed by atoms with E-state index >= 15 is 0 Å². The van der Waals surface area contributed by atoms with Crippen molar-refractivity contribution < 1.29 is 14.2 Å². The van der Waals surface area contributed by atoms with E-state index in [1.807, 2.05) is 13.1 Å². The van der Waals surface area contributed by atoms with Gasteiger partial charge in [-0.3, -0.25) is 0 Å².